The number of hydrogen-bond donors (Lipinski definition) is 10. The lowest BCUT2D eigenvalue weighted by molar-refractivity contribution is -0.387. The van der Waals surface area contributed by atoms with Crippen LogP contribution in [0, 0.1) is 50.2 Å². The monoisotopic (exact) mass is 955 g/mol. The van der Waals surface area contributed by atoms with Crippen LogP contribution in [0.2, 0.25) is 0 Å². The number of aliphatic carboxylic acids is 1. The molecular weight excluding hydrogens is 881 g/mol. The average Bonchev–Trinajstić information content (AvgIpc) is 3.26. The maximum atomic E-state index is 14.7. The summed E-state index contributed by atoms with van der Waals surface area (Å²) in [5, 5.41) is 117. The van der Waals surface area contributed by atoms with Crippen molar-refractivity contribution in [1.82, 2.24) is 0 Å². The van der Waals surface area contributed by atoms with Crippen LogP contribution < -0.4 is 5.11 Å². The first-order chi connectivity index (χ1) is 31.2. The molecule has 8 rings (SSSR count). The zero-order valence-electron chi connectivity index (χ0n) is 39.7. The van der Waals surface area contributed by atoms with Crippen molar-refractivity contribution in [1.29, 1.82) is 0 Å². The third kappa shape index (κ3) is 8.06. The largest absolute Gasteiger partial charge is 0.547 e. The van der Waals surface area contributed by atoms with Gasteiger partial charge in [-0.2, -0.15) is 0 Å². The Hall–Kier alpha value is -1.92. The summed E-state index contributed by atoms with van der Waals surface area (Å²) in [5.74, 6) is -2.22. The molecule has 0 aromatic carbocycles. The van der Waals surface area contributed by atoms with E-state index in [0.29, 0.717) is 32.1 Å². The molecule has 0 aromatic heterocycles. The van der Waals surface area contributed by atoms with E-state index in [-0.39, 0.29) is 39.4 Å². The van der Waals surface area contributed by atoms with Gasteiger partial charge in [0.1, 0.15) is 73.2 Å². The fourth-order valence-corrected chi connectivity index (χ4v) is 15.0. The summed E-state index contributed by atoms with van der Waals surface area (Å²) >= 11 is 0. The van der Waals surface area contributed by atoms with E-state index in [2.05, 4.69) is 54.5 Å². The number of fused-ring (bicyclic) bond motifs is 7. The standard InChI is InChI=1S/C48H76O19/c1-43(2)14-16-48(42(61)67-40-35(58)31(54)29(52)24(20-50)63-40)17-15-46(6)21(22(48)18-43)8-9-26-45(5)12-11-27(44(3,4)25(45)10-13-47(26,46)7)64-41-37(33(56)32(55)36(65-41)38(59)60)66-39-34(57)30(53)28(51)23(19-49)62-39/h8,22-37,39-41,49-58H,9-20H2,1-7H3,(H,59,60)/p-1/t22-,23+,24+,25-,26+,27-,28+,29+,30-,31-,32-,33-,34+,35+,36-,37+,39-,40-,41+,45-,46+,47+,48-/m0/s1. The highest BCUT2D eigenvalue weighted by molar-refractivity contribution is 5.79. The SMILES string of the molecule is CC1(C)CC[C@]2(C(=O)O[C@@H]3O[C@H](CO)[C@@H](O)[C@H](O)[C@H]3O)CC[C@]3(C)C(=CC[C@@H]4[C@@]5(C)CC[C@H](O[C@@H]6O[C@H](C(=O)[O-])[C@@H](O)[C@H](O)[C@H]6O[C@@H]6O[C@H](CO)[C@@H](O)[C@H](O)[C@H]6O)C(C)(C)[C@@H]5CC[C@]43C)[C@@H]2C1. The van der Waals surface area contributed by atoms with Crippen molar-refractivity contribution in [3.63, 3.8) is 0 Å². The van der Waals surface area contributed by atoms with Gasteiger partial charge >= 0.3 is 5.97 Å². The number of carbonyl (C=O) groups is 2. The lowest BCUT2D eigenvalue weighted by atomic mass is 9.33. The van der Waals surface area contributed by atoms with E-state index in [1.165, 1.54) is 5.57 Å². The Balaban J connectivity index is 1.05. The molecule has 382 valence electrons. The topological polar surface area (TPSA) is 315 Å². The number of aliphatic hydroxyl groups excluding tert-OH is 10. The Labute approximate surface area is 391 Å². The second kappa shape index (κ2) is 18.0. The van der Waals surface area contributed by atoms with E-state index in [4.69, 9.17) is 28.4 Å². The number of carboxylic acid groups (broad SMARTS) is 1. The zero-order chi connectivity index (χ0) is 49.1. The van der Waals surface area contributed by atoms with Gasteiger partial charge in [0.2, 0.25) is 6.29 Å². The van der Waals surface area contributed by atoms with E-state index >= 15 is 0 Å². The molecular formula is C48H75O19-. The van der Waals surface area contributed by atoms with Crippen LogP contribution in [-0.4, -0.2) is 174 Å². The lowest BCUT2D eigenvalue weighted by Gasteiger charge is -2.71. The quantitative estimate of drug-likeness (QED) is 0.0745. The van der Waals surface area contributed by atoms with Crippen LogP contribution in [0.15, 0.2) is 11.6 Å². The summed E-state index contributed by atoms with van der Waals surface area (Å²) in [6.45, 7) is 14.4. The molecule has 19 heteroatoms. The third-order valence-corrected chi connectivity index (χ3v) is 19.3. The van der Waals surface area contributed by atoms with Crippen LogP contribution >= 0.6 is 0 Å². The lowest BCUT2D eigenvalue weighted by Crippen LogP contribution is -2.68. The molecule has 0 bridgehead atoms. The Morgan fingerprint density at radius 2 is 1.25 bits per heavy atom. The molecule has 8 aliphatic rings. The molecule has 19 nitrogen and oxygen atoms in total. The second-order valence-corrected chi connectivity index (χ2v) is 23.5. The van der Waals surface area contributed by atoms with Crippen LogP contribution in [0.1, 0.15) is 113 Å². The molecule has 67 heavy (non-hydrogen) atoms. The summed E-state index contributed by atoms with van der Waals surface area (Å²) in [4.78, 5) is 26.9. The highest BCUT2D eigenvalue weighted by atomic mass is 16.8. The highest BCUT2D eigenvalue weighted by Gasteiger charge is 2.70. The van der Waals surface area contributed by atoms with Gasteiger partial charge in [-0.05, 0) is 109 Å². The number of ether oxygens (including phenoxy) is 6. The summed E-state index contributed by atoms with van der Waals surface area (Å²) < 4.78 is 35.6. The second-order valence-electron chi connectivity index (χ2n) is 23.5. The molecule has 10 N–H and O–H groups in total. The van der Waals surface area contributed by atoms with Gasteiger partial charge < -0.3 is 89.4 Å². The van der Waals surface area contributed by atoms with Crippen molar-refractivity contribution >= 4 is 11.9 Å². The number of aliphatic hydroxyl groups is 10. The maximum Gasteiger partial charge on any atom is 0.315 e. The van der Waals surface area contributed by atoms with Crippen LogP contribution in [0.4, 0.5) is 0 Å². The molecule has 3 heterocycles. The fraction of sp³-hybridized carbons (Fsp3) is 0.917. The zero-order valence-corrected chi connectivity index (χ0v) is 39.7. The van der Waals surface area contributed by atoms with E-state index in [1.54, 1.807) is 0 Å². The van der Waals surface area contributed by atoms with Gasteiger partial charge in [-0.3, -0.25) is 4.79 Å². The minimum atomic E-state index is -2.04. The van der Waals surface area contributed by atoms with Crippen molar-refractivity contribution in [3.05, 3.63) is 11.6 Å². The smallest absolute Gasteiger partial charge is 0.315 e. The number of allylic oxidation sites excluding steroid dienone is 2. The van der Waals surface area contributed by atoms with Gasteiger partial charge in [-0.15, -0.1) is 0 Å². The molecule has 0 unspecified atom stereocenters. The first-order valence-electron chi connectivity index (χ1n) is 24.3. The van der Waals surface area contributed by atoms with Crippen LogP contribution in [0.25, 0.3) is 0 Å². The molecule has 3 saturated heterocycles. The summed E-state index contributed by atoms with van der Waals surface area (Å²) in [6, 6.07) is 0. The van der Waals surface area contributed by atoms with Gasteiger partial charge in [0.25, 0.3) is 0 Å². The highest BCUT2D eigenvalue weighted by Crippen LogP contribution is 2.76. The van der Waals surface area contributed by atoms with Gasteiger partial charge in [-0.25, -0.2) is 0 Å². The van der Waals surface area contributed by atoms with Crippen LogP contribution in [0.5, 0.6) is 0 Å². The third-order valence-electron chi connectivity index (χ3n) is 19.3. The molecule has 3 aliphatic heterocycles. The molecule has 0 aromatic rings. The predicted molar refractivity (Wildman–Crippen MR) is 228 cm³/mol. The Bertz CT molecular complexity index is 1870. The number of esters is 1. The van der Waals surface area contributed by atoms with Crippen molar-refractivity contribution in [2.24, 2.45) is 50.2 Å². The first-order valence-corrected chi connectivity index (χ1v) is 24.3. The van der Waals surface area contributed by atoms with E-state index in [1.807, 2.05) is 0 Å². The van der Waals surface area contributed by atoms with Crippen LogP contribution in [0.3, 0.4) is 0 Å². The van der Waals surface area contributed by atoms with Crippen molar-refractivity contribution in [3.8, 4) is 0 Å². The van der Waals surface area contributed by atoms with Gasteiger partial charge in [0.15, 0.2) is 12.6 Å². The van der Waals surface area contributed by atoms with Crippen molar-refractivity contribution in [2.75, 3.05) is 13.2 Å². The van der Waals surface area contributed by atoms with Gasteiger partial charge in [0, 0.05) is 0 Å². The summed E-state index contributed by atoms with van der Waals surface area (Å²) in [7, 11) is 0. The van der Waals surface area contributed by atoms with E-state index < -0.39 is 134 Å². The number of hydrogen-bond acceptors (Lipinski definition) is 19. The van der Waals surface area contributed by atoms with Gasteiger partial charge in [-0.1, -0.05) is 60.1 Å². The van der Waals surface area contributed by atoms with Crippen molar-refractivity contribution < 1.29 is 94.2 Å². The molecule has 4 saturated carbocycles. The molecule has 5 aliphatic carbocycles. The molecule has 0 spiro atoms. The van der Waals surface area contributed by atoms with E-state index in [9.17, 15) is 65.8 Å². The Morgan fingerprint density at radius 3 is 1.87 bits per heavy atom. The molecule has 0 radical (unpaired) electrons. The normalized spacial score (nSPS) is 52.6. The molecule has 23 atom stereocenters. The minimum absolute atomic E-state index is 0.0704. The predicted octanol–water partition coefficient (Wildman–Crippen LogP) is -1.10. The summed E-state index contributed by atoms with van der Waals surface area (Å²) in [5.41, 5.74) is -1.10. The van der Waals surface area contributed by atoms with Crippen molar-refractivity contribution in [2.45, 2.75) is 211 Å². The first kappa shape index (κ1) is 51.4. The maximum absolute atomic E-state index is 14.7. The average molecular weight is 956 g/mol. The number of carboxylic acids is 1. The summed E-state index contributed by atoms with van der Waals surface area (Å²) in [6.07, 6.45) is -16.9. The van der Waals surface area contributed by atoms with Gasteiger partial charge in [0.05, 0.1) is 30.7 Å². The molecule has 0 amide bonds. The molecule has 7 fully saturated rings. The minimum Gasteiger partial charge on any atom is -0.547 e. The Morgan fingerprint density at radius 1 is 0.657 bits per heavy atom. The fourth-order valence-electron chi connectivity index (χ4n) is 15.0. The van der Waals surface area contributed by atoms with Crippen LogP contribution in [-0.2, 0) is 38.0 Å². The Kier molecular flexibility index (Phi) is 13.8. The van der Waals surface area contributed by atoms with E-state index in [0.717, 1.165) is 32.1 Å². The number of carbonyl (C=O) groups excluding carboxylic acids is 2. The number of rotatable bonds is 9.